The van der Waals surface area contributed by atoms with Gasteiger partial charge >= 0.3 is 6.03 Å². The van der Waals surface area contributed by atoms with E-state index in [1.54, 1.807) is 30.5 Å². The average molecular weight is 332 g/mol. The number of anilines is 2. The Labute approximate surface area is 139 Å². The van der Waals surface area contributed by atoms with E-state index in [0.717, 1.165) is 18.9 Å². The Bertz CT molecular complexity index is 688. The molecular weight excluding hydrogens is 314 g/mol. The number of benzene rings is 1. The first-order valence-corrected chi connectivity index (χ1v) is 7.96. The number of carbonyl (C=O) groups is 1. The number of halogens is 1. The largest absolute Gasteiger partial charge is 0.357 e. The molecule has 1 aliphatic heterocycles. The van der Waals surface area contributed by atoms with E-state index >= 15 is 0 Å². The Hall–Kier alpha value is -2.34. The van der Waals surface area contributed by atoms with E-state index in [9.17, 15) is 4.79 Å². The molecule has 0 saturated carbocycles. The van der Waals surface area contributed by atoms with E-state index in [0.29, 0.717) is 16.5 Å². The fourth-order valence-corrected chi connectivity index (χ4v) is 2.69. The lowest BCUT2D eigenvalue weighted by Crippen LogP contribution is -2.29. The molecule has 1 aromatic carbocycles. The van der Waals surface area contributed by atoms with Gasteiger partial charge in [0.15, 0.2) is 0 Å². The second-order valence-corrected chi connectivity index (χ2v) is 5.78. The van der Waals surface area contributed by atoms with Crippen LogP contribution in [0.2, 0.25) is 5.02 Å². The standard InChI is InChI=1S/C16H18ClN5O/c17-12-4-3-5-13(10-12)20-16(23)19-11-14-18-7-6-15(21-14)22-8-1-2-9-22/h3-7,10H,1-2,8-9,11H2,(H2,19,20,23). The molecule has 1 saturated heterocycles. The molecule has 7 heteroatoms. The Kier molecular flexibility index (Phi) is 4.92. The van der Waals surface area contributed by atoms with Crippen LogP contribution in [0.25, 0.3) is 0 Å². The second-order valence-electron chi connectivity index (χ2n) is 5.34. The van der Waals surface area contributed by atoms with Gasteiger partial charge in [-0.05, 0) is 37.1 Å². The van der Waals surface area contributed by atoms with Crippen molar-refractivity contribution in [2.24, 2.45) is 0 Å². The van der Waals surface area contributed by atoms with Gasteiger partial charge in [0.1, 0.15) is 11.6 Å². The molecule has 2 N–H and O–H groups in total. The van der Waals surface area contributed by atoms with Gasteiger partial charge in [-0.3, -0.25) is 0 Å². The van der Waals surface area contributed by atoms with Crippen molar-refractivity contribution >= 4 is 29.1 Å². The van der Waals surface area contributed by atoms with E-state index in [2.05, 4.69) is 25.5 Å². The topological polar surface area (TPSA) is 70.2 Å². The summed E-state index contributed by atoms with van der Waals surface area (Å²) in [5.41, 5.74) is 0.640. The van der Waals surface area contributed by atoms with Crippen molar-refractivity contribution < 1.29 is 4.79 Å². The molecule has 0 bridgehead atoms. The van der Waals surface area contributed by atoms with E-state index < -0.39 is 0 Å². The van der Waals surface area contributed by atoms with Crippen molar-refractivity contribution in [2.75, 3.05) is 23.3 Å². The minimum Gasteiger partial charge on any atom is -0.357 e. The number of urea groups is 1. The van der Waals surface area contributed by atoms with Crippen LogP contribution in [-0.2, 0) is 6.54 Å². The zero-order valence-corrected chi connectivity index (χ0v) is 13.4. The molecule has 0 spiro atoms. The fraction of sp³-hybridized carbons (Fsp3) is 0.312. The summed E-state index contributed by atoms with van der Waals surface area (Å²) >= 11 is 5.88. The maximum absolute atomic E-state index is 11.9. The number of nitrogens with one attached hydrogen (secondary N) is 2. The number of rotatable bonds is 4. The summed E-state index contributed by atoms with van der Waals surface area (Å²) in [5.74, 6) is 1.51. The summed E-state index contributed by atoms with van der Waals surface area (Å²) in [4.78, 5) is 22.8. The maximum atomic E-state index is 11.9. The number of amides is 2. The smallest absolute Gasteiger partial charge is 0.319 e. The minimum absolute atomic E-state index is 0.272. The van der Waals surface area contributed by atoms with Crippen LogP contribution >= 0.6 is 11.6 Å². The highest BCUT2D eigenvalue weighted by Gasteiger charge is 2.14. The first-order valence-electron chi connectivity index (χ1n) is 7.58. The van der Waals surface area contributed by atoms with Crippen LogP contribution in [0.4, 0.5) is 16.3 Å². The van der Waals surface area contributed by atoms with Crippen molar-refractivity contribution in [1.82, 2.24) is 15.3 Å². The van der Waals surface area contributed by atoms with E-state index in [4.69, 9.17) is 11.6 Å². The number of nitrogens with zero attached hydrogens (tertiary/aromatic N) is 3. The monoisotopic (exact) mass is 331 g/mol. The SMILES string of the molecule is O=C(NCc1nccc(N2CCCC2)n1)Nc1cccc(Cl)c1. The third-order valence-corrected chi connectivity index (χ3v) is 3.85. The van der Waals surface area contributed by atoms with Gasteiger partial charge in [-0.1, -0.05) is 17.7 Å². The van der Waals surface area contributed by atoms with E-state index in [-0.39, 0.29) is 12.6 Å². The highest BCUT2D eigenvalue weighted by molar-refractivity contribution is 6.30. The highest BCUT2D eigenvalue weighted by Crippen LogP contribution is 2.17. The van der Waals surface area contributed by atoms with Gasteiger partial charge in [0.2, 0.25) is 0 Å². The van der Waals surface area contributed by atoms with Crippen molar-refractivity contribution in [3.8, 4) is 0 Å². The van der Waals surface area contributed by atoms with Crippen LogP contribution in [0.1, 0.15) is 18.7 Å². The van der Waals surface area contributed by atoms with Gasteiger partial charge in [0.05, 0.1) is 6.54 Å². The molecule has 120 valence electrons. The predicted molar refractivity (Wildman–Crippen MR) is 90.8 cm³/mol. The normalized spacial score (nSPS) is 13.9. The van der Waals surface area contributed by atoms with Crippen molar-refractivity contribution in [3.63, 3.8) is 0 Å². The maximum Gasteiger partial charge on any atom is 0.319 e. The quantitative estimate of drug-likeness (QED) is 0.903. The van der Waals surface area contributed by atoms with Gasteiger partial charge in [0, 0.05) is 30.0 Å². The minimum atomic E-state index is -0.317. The Morgan fingerprint density at radius 1 is 1.26 bits per heavy atom. The van der Waals surface area contributed by atoms with E-state index in [1.807, 2.05) is 6.07 Å². The molecular formula is C16H18ClN5O. The Morgan fingerprint density at radius 2 is 2.09 bits per heavy atom. The zero-order chi connectivity index (χ0) is 16.1. The summed E-state index contributed by atoms with van der Waals surface area (Å²) in [6, 6.07) is 8.58. The fourth-order valence-electron chi connectivity index (χ4n) is 2.50. The first kappa shape index (κ1) is 15.6. The van der Waals surface area contributed by atoms with E-state index in [1.165, 1.54) is 12.8 Å². The first-order chi connectivity index (χ1) is 11.2. The summed E-state index contributed by atoms with van der Waals surface area (Å²) in [6.07, 6.45) is 4.12. The number of hydrogen-bond donors (Lipinski definition) is 2. The molecule has 0 radical (unpaired) electrons. The van der Waals surface area contributed by atoms with Gasteiger partial charge in [-0.2, -0.15) is 0 Å². The van der Waals surface area contributed by atoms with Gasteiger partial charge in [-0.15, -0.1) is 0 Å². The molecule has 0 atom stereocenters. The van der Waals surface area contributed by atoms with Crippen LogP contribution in [0.5, 0.6) is 0 Å². The highest BCUT2D eigenvalue weighted by atomic mass is 35.5. The lowest BCUT2D eigenvalue weighted by atomic mass is 10.3. The third-order valence-electron chi connectivity index (χ3n) is 3.61. The van der Waals surface area contributed by atoms with Crippen LogP contribution < -0.4 is 15.5 Å². The van der Waals surface area contributed by atoms with Crippen molar-refractivity contribution in [3.05, 3.63) is 47.4 Å². The summed E-state index contributed by atoms with van der Waals surface area (Å²) in [6.45, 7) is 2.33. The molecule has 6 nitrogen and oxygen atoms in total. The molecule has 1 aromatic heterocycles. The molecule has 2 amide bonds. The molecule has 0 unspecified atom stereocenters. The van der Waals surface area contributed by atoms with Gasteiger partial charge in [-0.25, -0.2) is 14.8 Å². The number of carbonyl (C=O) groups excluding carboxylic acids is 1. The molecule has 2 heterocycles. The molecule has 3 rings (SSSR count). The molecule has 1 fully saturated rings. The lowest BCUT2D eigenvalue weighted by molar-refractivity contribution is 0.251. The lowest BCUT2D eigenvalue weighted by Gasteiger charge is -2.16. The average Bonchev–Trinajstić information content (AvgIpc) is 3.08. The van der Waals surface area contributed by atoms with Crippen molar-refractivity contribution in [2.45, 2.75) is 19.4 Å². The molecule has 2 aromatic rings. The molecule has 0 aliphatic carbocycles. The number of aromatic nitrogens is 2. The van der Waals surface area contributed by atoms with Crippen LogP contribution in [0.3, 0.4) is 0 Å². The van der Waals surface area contributed by atoms with Crippen LogP contribution in [0, 0.1) is 0 Å². The Morgan fingerprint density at radius 3 is 2.87 bits per heavy atom. The molecule has 23 heavy (non-hydrogen) atoms. The summed E-state index contributed by atoms with van der Waals surface area (Å²) in [5, 5.41) is 6.04. The van der Waals surface area contributed by atoms with Crippen LogP contribution in [0.15, 0.2) is 36.5 Å². The van der Waals surface area contributed by atoms with Gasteiger partial charge in [0.25, 0.3) is 0 Å². The molecule has 1 aliphatic rings. The van der Waals surface area contributed by atoms with Gasteiger partial charge < -0.3 is 15.5 Å². The number of hydrogen-bond acceptors (Lipinski definition) is 4. The summed E-state index contributed by atoms with van der Waals surface area (Å²) in [7, 11) is 0. The predicted octanol–water partition coefficient (Wildman–Crippen LogP) is 3.05. The third kappa shape index (κ3) is 4.32. The Balaban J connectivity index is 1.55. The zero-order valence-electron chi connectivity index (χ0n) is 12.6. The van der Waals surface area contributed by atoms with Crippen molar-refractivity contribution in [1.29, 1.82) is 0 Å². The summed E-state index contributed by atoms with van der Waals surface area (Å²) < 4.78 is 0. The van der Waals surface area contributed by atoms with Crippen LogP contribution in [-0.4, -0.2) is 29.1 Å². The second kappa shape index (κ2) is 7.28.